The Balaban J connectivity index is 1.86. The van der Waals surface area contributed by atoms with Crippen molar-refractivity contribution in [1.82, 2.24) is 0 Å². The molecule has 0 aromatic heterocycles. The van der Waals surface area contributed by atoms with Crippen LogP contribution in [0.2, 0.25) is 0 Å². The molecule has 108 valence electrons. The lowest BCUT2D eigenvalue weighted by Crippen LogP contribution is -2.09. The van der Waals surface area contributed by atoms with Crippen LogP contribution in [0.5, 0.6) is 17.2 Å². The highest BCUT2D eigenvalue weighted by molar-refractivity contribution is 9.10. The van der Waals surface area contributed by atoms with Crippen LogP contribution in [0.15, 0.2) is 46.9 Å². The Bertz CT molecular complexity index is 635. The summed E-state index contributed by atoms with van der Waals surface area (Å²) in [5, 5.41) is 8.94. The third kappa shape index (κ3) is 4.69. The van der Waals surface area contributed by atoms with Gasteiger partial charge in [0.15, 0.2) is 0 Å². The molecule has 2 rings (SSSR count). The Morgan fingerprint density at radius 1 is 0.952 bits per heavy atom. The van der Waals surface area contributed by atoms with Crippen molar-refractivity contribution in [2.45, 2.75) is 0 Å². The average molecular weight is 348 g/mol. The van der Waals surface area contributed by atoms with E-state index < -0.39 is 0 Å². The fourth-order valence-electron chi connectivity index (χ4n) is 1.69. The van der Waals surface area contributed by atoms with Gasteiger partial charge >= 0.3 is 0 Å². The maximum absolute atomic E-state index is 8.94. The van der Waals surface area contributed by atoms with Crippen LogP contribution in [0.4, 0.5) is 0 Å². The van der Waals surface area contributed by atoms with Gasteiger partial charge in [0.05, 0.1) is 18.7 Å². The van der Waals surface area contributed by atoms with Crippen molar-refractivity contribution in [2.24, 2.45) is 0 Å². The van der Waals surface area contributed by atoms with Crippen molar-refractivity contribution in [3.05, 3.63) is 52.5 Å². The minimum absolute atomic E-state index is 0.383. The van der Waals surface area contributed by atoms with Gasteiger partial charge in [-0.2, -0.15) is 5.26 Å². The number of methoxy groups -OCH3 is 1. The van der Waals surface area contributed by atoms with Crippen LogP contribution in [0.1, 0.15) is 5.56 Å². The molecule has 0 radical (unpaired) electrons. The summed E-state index contributed by atoms with van der Waals surface area (Å²) in [7, 11) is 1.55. The van der Waals surface area contributed by atoms with Crippen molar-refractivity contribution >= 4 is 15.9 Å². The lowest BCUT2D eigenvalue weighted by atomic mass is 10.2. The van der Waals surface area contributed by atoms with Gasteiger partial charge in [0.2, 0.25) is 0 Å². The molecule has 21 heavy (non-hydrogen) atoms. The van der Waals surface area contributed by atoms with E-state index in [4.69, 9.17) is 19.5 Å². The largest absolute Gasteiger partial charge is 0.497 e. The average Bonchev–Trinajstić information content (AvgIpc) is 2.53. The first kappa shape index (κ1) is 15.2. The molecule has 0 saturated heterocycles. The van der Waals surface area contributed by atoms with Crippen molar-refractivity contribution in [2.75, 3.05) is 20.3 Å². The Hall–Kier alpha value is -2.19. The van der Waals surface area contributed by atoms with E-state index in [-0.39, 0.29) is 0 Å². The topological polar surface area (TPSA) is 51.5 Å². The SMILES string of the molecule is COc1cc(C#N)cc(OCCOc2ccc(Br)cc2)c1. The molecule has 0 bridgehead atoms. The molecular weight excluding hydrogens is 334 g/mol. The minimum atomic E-state index is 0.383. The highest BCUT2D eigenvalue weighted by atomic mass is 79.9. The van der Waals surface area contributed by atoms with E-state index >= 15 is 0 Å². The van der Waals surface area contributed by atoms with Crippen LogP contribution in [-0.2, 0) is 0 Å². The molecule has 0 unspecified atom stereocenters. The first-order chi connectivity index (χ1) is 10.2. The molecule has 0 saturated carbocycles. The lowest BCUT2D eigenvalue weighted by Gasteiger charge is -2.10. The molecular formula is C16H14BrNO3. The van der Waals surface area contributed by atoms with E-state index in [1.165, 1.54) is 0 Å². The number of benzene rings is 2. The van der Waals surface area contributed by atoms with Gasteiger partial charge in [-0.3, -0.25) is 0 Å². The number of hydrogen-bond acceptors (Lipinski definition) is 4. The Labute approximate surface area is 132 Å². The van der Waals surface area contributed by atoms with Crippen LogP contribution in [-0.4, -0.2) is 20.3 Å². The Morgan fingerprint density at radius 2 is 1.57 bits per heavy atom. The predicted octanol–water partition coefficient (Wildman–Crippen LogP) is 3.79. The van der Waals surface area contributed by atoms with Gasteiger partial charge in [-0.25, -0.2) is 0 Å². The molecule has 4 nitrogen and oxygen atoms in total. The van der Waals surface area contributed by atoms with E-state index in [2.05, 4.69) is 22.0 Å². The van der Waals surface area contributed by atoms with Gasteiger partial charge in [-0.1, -0.05) is 15.9 Å². The van der Waals surface area contributed by atoms with Crippen LogP contribution in [0.25, 0.3) is 0 Å². The molecule has 5 heteroatoms. The van der Waals surface area contributed by atoms with Crippen LogP contribution >= 0.6 is 15.9 Å². The van der Waals surface area contributed by atoms with Crippen molar-refractivity contribution in [3.8, 4) is 23.3 Å². The van der Waals surface area contributed by atoms with E-state index in [1.54, 1.807) is 25.3 Å². The monoisotopic (exact) mass is 347 g/mol. The van der Waals surface area contributed by atoms with E-state index in [1.807, 2.05) is 24.3 Å². The number of ether oxygens (including phenoxy) is 3. The molecule has 0 heterocycles. The molecule has 2 aromatic carbocycles. The predicted molar refractivity (Wildman–Crippen MR) is 82.8 cm³/mol. The number of rotatable bonds is 6. The molecule has 2 aromatic rings. The third-order valence-corrected chi connectivity index (χ3v) is 3.21. The summed E-state index contributed by atoms with van der Waals surface area (Å²) in [4.78, 5) is 0. The molecule has 0 spiro atoms. The maximum Gasteiger partial charge on any atom is 0.124 e. The van der Waals surface area contributed by atoms with Gasteiger partial charge in [-0.15, -0.1) is 0 Å². The summed E-state index contributed by atoms with van der Waals surface area (Å²) in [5.74, 6) is 1.97. The quantitative estimate of drug-likeness (QED) is 0.746. The summed E-state index contributed by atoms with van der Waals surface area (Å²) in [6.45, 7) is 0.800. The van der Waals surface area contributed by atoms with Crippen molar-refractivity contribution in [1.29, 1.82) is 5.26 Å². The Morgan fingerprint density at radius 3 is 2.19 bits per heavy atom. The molecule has 0 fully saturated rings. The van der Waals surface area contributed by atoms with Crippen LogP contribution in [0.3, 0.4) is 0 Å². The van der Waals surface area contributed by atoms with Crippen molar-refractivity contribution < 1.29 is 14.2 Å². The van der Waals surface area contributed by atoms with Crippen LogP contribution in [0, 0.1) is 11.3 Å². The van der Waals surface area contributed by atoms with Gasteiger partial charge in [0.25, 0.3) is 0 Å². The second-order valence-corrected chi connectivity index (χ2v) is 5.08. The summed E-state index contributed by atoms with van der Waals surface area (Å²) < 4.78 is 17.2. The molecule has 0 amide bonds. The van der Waals surface area contributed by atoms with E-state index in [9.17, 15) is 0 Å². The lowest BCUT2D eigenvalue weighted by molar-refractivity contribution is 0.216. The first-order valence-corrected chi connectivity index (χ1v) is 7.11. The summed E-state index contributed by atoms with van der Waals surface area (Å²) in [5.41, 5.74) is 0.498. The fourth-order valence-corrected chi connectivity index (χ4v) is 1.95. The van der Waals surface area contributed by atoms with Crippen LogP contribution < -0.4 is 14.2 Å². The fraction of sp³-hybridized carbons (Fsp3) is 0.188. The second-order valence-electron chi connectivity index (χ2n) is 4.16. The molecule has 0 aliphatic heterocycles. The van der Waals surface area contributed by atoms with Gasteiger partial charge in [0.1, 0.15) is 30.5 Å². The van der Waals surface area contributed by atoms with Gasteiger partial charge in [-0.05, 0) is 36.4 Å². The standard InChI is InChI=1S/C16H14BrNO3/c1-19-15-8-12(11-18)9-16(10-15)21-7-6-20-14-4-2-13(17)3-5-14/h2-5,8-10H,6-7H2,1H3. The zero-order valence-corrected chi connectivity index (χ0v) is 13.1. The number of nitrogens with zero attached hydrogens (tertiary/aromatic N) is 1. The maximum atomic E-state index is 8.94. The van der Waals surface area contributed by atoms with E-state index in [0.29, 0.717) is 30.3 Å². The third-order valence-electron chi connectivity index (χ3n) is 2.68. The number of hydrogen-bond donors (Lipinski definition) is 0. The molecule has 0 N–H and O–H groups in total. The zero-order chi connectivity index (χ0) is 15.1. The number of nitriles is 1. The summed E-state index contributed by atoms with van der Waals surface area (Å²) >= 11 is 3.37. The smallest absolute Gasteiger partial charge is 0.124 e. The number of halogens is 1. The second kappa shape index (κ2) is 7.55. The minimum Gasteiger partial charge on any atom is -0.497 e. The van der Waals surface area contributed by atoms with Gasteiger partial charge in [0, 0.05) is 10.5 Å². The summed E-state index contributed by atoms with van der Waals surface area (Å²) in [6.07, 6.45) is 0. The first-order valence-electron chi connectivity index (χ1n) is 6.31. The zero-order valence-electron chi connectivity index (χ0n) is 11.5. The molecule has 0 aliphatic rings. The van der Waals surface area contributed by atoms with E-state index in [0.717, 1.165) is 10.2 Å². The molecule has 0 atom stereocenters. The van der Waals surface area contributed by atoms with Gasteiger partial charge < -0.3 is 14.2 Å². The highest BCUT2D eigenvalue weighted by Gasteiger charge is 2.02. The molecule has 0 aliphatic carbocycles. The normalized spacial score (nSPS) is 9.76. The summed E-state index contributed by atoms with van der Waals surface area (Å²) in [6, 6.07) is 14.7. The van der Waals surface area contributed by atoms with Crippen molar-refractivity contribution in [3.63, 3.8) is 0 Å². The Kier molecular flexibility index (Phi) is 5.47. The highest BCUT2D eigenvalue weighted by Crippen LogP contribution is 2.22.